The van der Waals surface area contributed by atoms with Gasteiger partial charge < -0.3 is 9.88 Å². The van der Waals surface area contributed by atoms with Gasteiger partial charge in [-0.3, -0.25) is 9.59 Å². The lowest BCUT2D eigenvalue weighted by Gasteiger charge is -2.32. The summed E-state index contributed by atoms with van der Waals surface area (Å²) in [7, 11) is 0. The number of likely N-dealkylation sites (tertiary alicyclic amines) is 1. The summed E-state index contributed by atoms with van der Waals surface area (Å²) in [5.41, 5.74) is 0.546. The Balaban J connectivity index is 1.66. The Morgan fingerprint density at radius 2 is 2.22 bits per heavy atom. The number of aryl methyl sites for hydroxylation is 1. The van der Waals surface area contributed by atoms with Crippen LogP contribution in [0.2, 0.25) is 0 Å². The number of fused-ring (bicyclic) bond motifs is 1. The highest BCUT2D eigenvalue weighted by Gasteiger charge is 2.22. The van der Waals surface area contributed by atoms with Crippen LogP contribution in [0.1, 0.15) is 38.4 Å². The van der Waals surface area contributed by atoms with E-state index in [1.807, 2.05) is 23.1 Å². The molecule has 1 N–H and O–H groups in total. The van der Waals surface area contributed by atoms with Gasteiger partial charge in [-0.1, -0.05) is 25.5 Å². The van der Waals surface area contributed by atoms with Crippen LogP contribution in [0.4, 0.5) is 0 Å². The normalized spacial score (nSPS) is 18.3. The van der Waals surface area contributed by atoms with E-state index in [0.29, 0.717) is 35.5 Å². The highest BCUT2D eigenvalue weighted by molar-refractivity contribution is 5.78. The molecule has 1 aromatic carbocycles. The second-order valence-electron chi connectivity index (χ2n) is 6.29. The second-order valence-corrected chi connectivity index (χ2v) is 6.29. The first-order valence-corrected chi connectivity index (χ1v) is 8.43. The average molecular weight is 313 g/mol. The van der Waals surface area contributed by atoms with Gasteiger partial charge in [-0.2, -0.15) is 0 Å². The zero-order chi connectivity index (χ0) is 16.2. The van der Waals surface area contributed by atoms with Crippen molar-refractivity contribution in [2.24, 2.45) is 5.92 Å². The number of aromatic nitrogens is 2. The molecule has 1 aliphatic heterocycles. The lowest BCUT2D eigenvalue weighted by Crippen LogP contribution is -2.39. The number of nitrogens with one attached hydrogen (secondary N) is 1. The Hall–Kier alpha value is -2.17. The van der Waals surface area contributed by atoms with E-state index in [-0.39, 0.29) is 11.5 Å². The number of amides is 1. The number of aromatic amines is 1. The van der Waals surface area contributed by atoms with Crippen LogP contribution < -0.4 is 5.56 Å². The number of rotatable bonds is 4. The molecular formula is C18H23N3O2. The Morgan fingerprint density at radius 3 is 3.04 bits per heavy atom. The molecule has 0 spiro atoms. The molecule has 5 heteroatoms. The van der Waals surface area contributed by atoms with Gasteiger partial charge in [0, 0.05) is 25.9 Å². The van der Waals surface area contributed by atoms with E-state index >= 15 is 0 Å². The van der Waals surface area contributed by atoms with Crippen molar-refractivity contribution in [3.05, 3.63) is 40.4 Å². The first kappa shape index (κ1) is 15.7. The maximum Gasteiger partial charge on any atom is 0.258 e. The molecule has 0 radical (unpaired) electrons. The second kappa shape index (κ2) is 6.94. The maximum atomic E-state index is 12.4. The van der Waals surface area contributed by atoms with Crippen LogP contribution >= 0.6 is 0 Å². The van der Waals surface area contributed by atoms with Crippen molar-refractivity contribution in [3.8, 4) is 0 Å². The molecular weight excluding hydrogens is 290 g/mol. The van der Waals surface area contributed by atoms with Gasteiger partial charge in [0.15, 0.2) is 0 Å². The number of hydrogen-bond acceptors (Lipinski definition) is 3. The molecule has 0 aliphatic carbocycles. The van der Waals surface area contributed by atoms with Gasteiger partial charge in [-0.05, 0) is 30.9 Å². The molecule has 0 bridgehead atoms. The highest BCUT2D eigenvalue weighted by Crippen LogP contribution is 2.20. The third-order valence-corrected chi connectivity index (χ3v) is 4.69. The first-order chi connectivity index (χ1) is 11.2. The number of carbonyl (C=O) groups is 1. The van der Waals surface area contributed by atoms with Gasteiger partial charge in [0.2, 0.25) is 5.91 Å². The van der Waals surface area contributed by atoms with Crippen LogP contribution in [0.15, 0.2) is 29.1 Å². The molecule has 3 rings (SSSR count). The van der Waals surface area contributed by atoms with Crippen LogP contribution in [0, 0.1) is 5.92 Å². The predicted octanol–water partition coefficient (Wildman–Crippen LogP) is 2.50. The fourth-order valence-corrected chi connectivity index (χ4v) is 3.26. The Labute approximate surface area is 135 Å². The number of para-hydroxylation sites is 1. The highest BCUT2D eigenvalue weighted by atomic mass is 16.2. The number of nitrogens with zero attached hydrogens (tertiary/aromatic N) is 2. The molecule has 0 unspecified atom stereocenters. The minimum absolute atomic E-state index is 0.137. The molecule has 23 heavy (non-hydrogen) atoms. The minimum Gasteiger partial charge on any atom is -0.342 e. The van der Waals surface area contributed by atoms with Crippen molar-refractivity contribution in [2.45, 2.75) is 39.0 Å². The molecule has 1 fully saturated rings. The van der Waals surface area contributed by atoms with Gasteiger partial charge in [0.1, 0.15) is 5.82 Å². The van der Waals surface area contributed by atoms with E-state index in [9.17, 15) is 9.59 Å². The predicted molar refractivity (Wildman–Crippen MR) is 90.3 cm³/mol. The lowest BCUT2D eigenvalue weighted by molar-refractivity contribution is -0.133. The van der Waals surface area contributed by atoms with E-state index in [1.54, 1.807) is 6.07 Å². The van der Waals surface area contributed by atoms with Crippen LogP contribution in [0.25, 0.3) is 10.9 Å². The molecule has 0 saturated carbocycles. The van der Waals surface area contributed by atoms with Crippen molar-refractivity contribution in [3.63, 3.8) is 0 Å². The summed E-state index contributed by atoms with van der Waals surface area (Å²) in [4.78, 5) is 33.6. The Bertz CT molecular complexity index is 753. The van der Waals surface area contributed by atoms with Crippen LogP contribution in [0.3, 0.4) is 0 Å². The fraction of sp³-hybridized carbons (Fsp3) is 0.500. The summed E-state index contributed by atoms with van der Waals surface area (Å²) in [5.74, 6) is 1.39. The zero-order valence-corrected chi connectivity index (χ0v) is 13.5. The molecule has 1 aliphatic rings. The van der Waals surface area contributed by atoms with E-state index in [4.69, 9.17) is 0 Å². The van der Waals surface area contributed by atoms with Gasteiger partial charge in [0.05, 0.1) is 10.9 Å². The molecule has 1 saturated heterocycles. The van der Waals surface area contributed by atoms with E-state index in [1.165, 1.54) is 6.42 Å². The smallest absolute Gasteiger partial charge is 0.258 e. The number of piperidine rings is 1. The number of carbonyl (C=O) groups excluding carboxylic acids is 1. The molecule has 1 atom stereocenters. The maximum absolute atomic E-state index is 12.4. The summed E-state index contributed by atoms with van der Waals surface area (Å²) in [6.07, 6.45) is 4.32. The largest absolute Gasteiger partial charge is 0.342 e. The summed E-state index contributed by atoms with van der Waals surface area (Å²) in [5, 5.41) is 0.587. The SMILES string of the molecule is CC[C@@H]1CCCN(C(=O)CCc2nc3ccccc3c(=O)[nH]2)C1. The zero-order valence-electron chi connectivity index (χ0n) is 13.5. The summed E-state index contributed by atoms with van der Waals surface area (Å²) < 4.78 is 0. The molecule has 1 amide bonds. The van der Waals surface area contributed by atoms with Crippen molar-refractivity contribution >= 4 is 16.8 Å². The third kappa shape index (κ3) is 3.60. The minimum atomic E-state index is -0.137. The van der Waals surface area contributed by atoms with E-state index in [0.717, 1.165) is 25.9 Å². The topological polar surface area (TPSA) is 66.1 Å². The molecule has 2 heterocycles. The monoisotopic (exact) mass is 313 g/mol. The van der Waals surface area contributed by atoms with Crippen LogP contribution in [-0.2, 0) is 11.2 Å². The standard InChI is InChI=1S/C18H23N3O2/c1-2-13-6-5-11-21(12-13)17(22)10-9-16-19-15-8-4-3-7-14(15)18(23)20-16/h3-4,7-8,13H,2,5-6,9-12H2,1H3,(H,19,20,23)/t13-/m1/s1. The fourth-order valence-electron chi connectivity index (χ4n) is 3.26. The Kier molecular flexibility index (Phi) is 4.74. The van der Waals surface area contributed by atoms with Gasteiger partial charge in [-0.25, -0.2) is 4.98 Å². The molecule has 1 aromatic heterocycles. The van der Waals surface area contributed by atoms with Crippen molar-refractivity contribution < 1.29 is 4.79 Å². The van der Waals surface area contributed by atoms with Crippen molar-refractivity contribution in [1.82, 2.24) is 14.9 Å². The number of benzene rings is 1. The summed E-state index contributed by atoms with van der Waals surface area (Å²) in [6, 6.07) is 7.27. The quantitative estimate of drug-likeness (QED) is 0.943. The van der Waals surface area contributed by atoms with Crippen molar-refractivity contribution in [1.29, 1.82) is 0 Å². The molecule has 5 nitrogen and oxygen atoms in total. The summed E-state index contributed by atoms with van der Waals surface area (Å²) >= 11 is 0. The Morgan fingerprint density at radius 1 is 1.39 bits per heavy atom. The third-order valence-electron chi connectivity index (χ3n) is 4.69. The first-order valence-electron chi connectivity index (χ1n) is 8.43. The molecule has 122 valence electrons. The van der Waals surface area contributed by atoms with Crippen LogP contribution in [-0.4, -0.2) is 33.9 Å². The number of H-pyrrole nitrogens is 1. The van der Waals surface area contributed by atoms with Gasteiger partial charge >= 0.3 is 0 Å². The molecule has 2 aromatic rings. The van der Waals surface area contributed by atoms with Gasteiger partial charge in [0.25, 0.3) is 5.56 Å². The van der Waals surface area contributed by atoms with E-state index < -0.39 is 0 Å². The number of hydrogen-bond donors (Lipinski definition) is 1. The lowest BCUT2D eigenvalue weighted by atomic mass is 9.95. The van der Waals surface area contributed by atoms with Crippen molar-refractivity contribution in [2.75, 3.05) is 13.1 Å². The van der Waals surface area contributed by atoms with E-state index in [2.05, 4.69) is 16.9 Å². The van der Waals surface area contributed by atoms with Gasteiger partial charge in [-0.15, -0.1) is 0 Å². The summed E-state index contributed by atoms with van der Waals surface area (Å²) in [6.45, 7) is 3.91. The average Bonchev–Trinajstić information content (AvgIpc) is 2.60. The van der Waals surface area contributed by atoms with Crippen LogP contribution in [0.5, 0.6) is 0 Å².